The molecule has 0 amide bonds. The molecule has 0 bridgehead atoms. The van der Waals surface area contributed by atoms with E-state index in [9.17, 15) is 5.11 Å². The van der Waals surface area contributed by atoms with Crippen LogP contribution in [0, 0.1) is 0 Å². The molecular formula is C20H35NO2. The summed E-state index contributed by atoms with van der Waals surface area (Å²) in [6.45, 7) is 8.01. The first-order chi connectivity index (χ1) is 11.2. The molecule has 2 N–H and O–H groups in total. The molecule has 0 radical (unpaired) electrons. The van der Waals surface area contributed by atoms with E-state index in [0.717, 1.165) is 30.8 Å². The molecule has 2 atom stereocenters. The number of ether oxygens (including phenoxy) is 1. The quantitative estimate of drug-likeness (QED) is 0.531. The van der Waals surface area contributed by atoms with Crippen LogP contribution in [-0.4, -0.2) is 30.4 Å². The first-order valence-electron chi connectivity index (χ1n) is 9.28. The molecule has 0 aliphatic carbocycles. The number of aliphatic hydroxyl groups is 1. The highest BCUT2D eigenvalue weighted by atomic mass is 16.5. The van der Waals surface area contributed by atoms with Crippen LogP contribution in [0.15, 0.2) is 24.3 Å². The third kappa shape index (κ3) is 9.62. The molecule has 0 aliphatic heterocycles. The van der Waals surface area contributed by atoms with Crippen LogP contribution in [0.5, 0.6) is 5.75 Å². The Hall–Kier alpha value is -1.06. The van der Waals surface area contributed by atoms with Gasteiger partial charge in [0.15, 0.2) is 0 Å². The average molecular weight is 322 g/mol. The fourth-order valence-corrected chi connectivity index (χ4v) is 2.54. The Balaban J connectivity index is 2.24. The minimum atomic E-state index is -0.338. The van der Waals surface area contributed by atoms with Gasteiger partial charge in [-0.2, -0.15) is 0 Å². The van der Waals surface area contributed by atoms with E-state index in [1.807, 2.05) is 12.1 Å². The van der Waals surface area contributed by atoms with Gasteiger partial charge in [0, 0.05) is 12.6 Å². The van der Waals surface area contributed by atoms with Crippen LogP contribution in [0.4, 0.5) is 0 Å². The molecule has 1 rings (SSSR count). The molecule has 0 saturated heterocycles. The Morgan fingerprint density at radius 1 is 1.04 bits per heavy atom. The molecular weight excluding hydrogens is 286 g/mol. The third-order valence-electron chi connectivity index (χ3n) is 4.10. The lowest BCUT2D eigenvalue weighted by molar-refractivity contribution is 0.167. The van der Waals surface area contributed by atoms with Crippen molar-refractivity contribution in [2.75, 3.05) is 13.2 Å². The second kappa shape index (κ2) is 12.4. The van der Waals surface area contributed by atoms with Gasteiger partial charge in [0.25, 0.3) is 0 Å². The van der Waals surface area contributed by atoms with Crippen LogP contribution in [0.3, 0.4) is 0 Å². The minimum absolute atomic E-state index is 0.338. The van der Waals surface area contributed by atoms with Gasteiger partial charge in [-0.15, -0.1) is 0 Å². The van der Waals surface area contributed by atoms with Gasteiger partial charge in [0.2, 0.25) is 0 Å². The number of unbranched alkanes of at least 4 members (excludes halogenated alkanes) is 3. The van der Waals surface area contributed by atoms with E-state index in [4.69, 9.17) is 4.74 Å². The largest absolute Gasteiger partial charge is 0.494 e. The second-order valence-corrected chi connectivity index (χ2v) is 6.51. The SMILES string of the molecule is CCCCCC(C)NCC(O)Cc1ccc(OCCCC)cc1. The topological polar surface area (TPSA) is 41.5 Å². The van der Waals surface area contributed by atoms with Crippen molar-refractivity contribution >= 4 is 0 Å². The summed E-state index contributed by atoms with van der Waals surface area (Å²) in [4.78, 5) is 0. The highest BCUT2D eigenvalue weighted by molar-refractivity contribution is 5.27. The first kappa shape index (κ1) is 20.0. The minimum Gasteiger partial charge on any atom is -0.494 e. The van der Waals surface area contributed by atoms with Gasteiger partial charge in [-0.05, 0) is 43.9 Å². The molecule has 0 saturated carbocycles. The van der Waals surface area contributed by atoms with Gasteiger partial charge in [-0.3, -0.25) is 0 Å². The van der Waals surface area contributed by atoms with E-state index in [0.29, 0.717) is 19.0 Å². The maximum atomic E-state index is 10.2. The van der Waals surface area contributed by atoms with Crippen LogP contribution in [-0.2, 0) is 6.42 Å². The summed E-state index contributed by atoms with van der Waals surface area (Å²) < 4.78 is 5.66. The zero-order chi connectivity index (χ0) is 16.9. The van der Waals surface area contributed by atoms with Crippen LogP contribution in [0.2, 0.25) is 0 Å². The summed E-state index contributed by atoms with van der Waals surface area (Å²) >= 11 is 0. The predicted octanol–water partition coefficient (Wildman–Crippen LogP) is 4.33. The van der Waals surface area contributed by atoms with E-state index in [1.165, 1.54) is 25.7 Å². The monoisotopic (exact) mass is 321 g/mol. The maximum absolute atomic E-state index is 10.2. The molecule has 0 fully saturated rings. The van der Waals surface area contributed by atoms with Gasteiger partial charge in [-0.25, -0.2) is 0 Å². The number of hydrogen-bond donors (Lipinski definition) is 2. The Bertz CT molecular complexity index is 391. The van der Waals surface area contributed by atoms with Gasteiger partial charge in [0.1, 0.15) is 5.75 Å². The number of nitrogens with one attached hydrogen (secondary N) is 1. The van der Waals surface area contributed by atoms with Gasteiger partial charge in [-0.1, -0.05) is 51.7 Å². The number of hydrogen-bond acceptors (Lipinski definition) is 3. The normalized spacial score (nSPS) is 13.7. The van der Waals surface area contributed by atoms with Gasteiger partial charge >= 0.3 is 0 Å². The summed E-state index contributed by atoms with van der Waals surface area (Å²) in [5.41, 5.74) is 1.15. The number of aliphatic hydroxyl groups excluding tert-OH is 1. The Labute approximate surface area is 142 Å². The fraction of sp³-hybridized carbons (Fsp3) is 0.700. The van der Waals surface area contributed by atoms with E-state index < -0.39 is 0 Å². The molecule has 3 nitrogen and oxygen atoms in total. The highest BCUT2D eigenvalue weighted by Crippen LogP contribution is 2.14. The summed E-state index contributed by atoms with van der Waals surface area (Å²) in [7, 11) is 0. The van der Waals surface area contributed by atoms with Crippen molar-refractivity contribution in [3.63, 3.8) is 0 Å². The molecule has 132 valence electrons. The Kier molecular flexibility index (Phi) is 10.8. The van der Waals surface area contributed by atoms with Crippen molar-refractivity contribution in [2.24, 2.45) is 0 Å². The lowest BCUT2D eigenvalue weighted by Crippen LogP contribution is -2.34. The van der Waals surface area contributed by atoms with Gasteiger partial charge in [0.05, 0.1) is 12.7 Å². The van der Waals surface area contributed by atoms with E-state index >= 15 is 0 Å². The Morgan fingerprint density at radius 2 is 1.74 bits per heavy atom. The predicted molar refractivity (Wildman–Crippen MR) is 98.2 cm³/mol. The molecule has 1 aromatic rings. The Morgan fingerprint density at radius 3 is 2.39 bits per heavy atom. The van der Waals surface area contributed by atoms with Crippen molar-refractivity contribution in [2.45, 2.75) is 77.9 Å². The molecule has 0 aliphatic rings. The number of rotatable bonds is 13. The van der Waals surface area contributed by atoms with Gasteiger partial charge < -0.3 is 15.2 Å². The first-order valence-corrected chi connectivity index (χ1v) is 9.28. The molecule has 3 heteroatoms. The highest BCUT2D eigenvalue weighted by Gasteiger charge is 2.08. The summed E-state index contributed by atoms with van der Waals surface area (Å²) in [6, 6.07) is 8.58. The standard InChI is InChI=1S/C20H35NO2/c1-4-6-8-9-17(3)21-16-19(22)15-18-10-12-20(13-11-18)23-14-7-5-2/h10-13,17,19,21-22H,4-9,14-16H2,1-3H3. The average Bonchev–Trinajstić information content (AvgIpc) is 2.55. The number of benzene rings is 1. The van der Waals surface area contributed by atoms with Crippen molar-refractivity contribution < 1.29 is 9.84 Å². The lowest BCUT2D eigenvalue weighted by atomic mass is 10.1. The zero-order valence-electron chi connectivity index (χ0n) is 15.2. The third-order valence-corrected chi connectivity index (χ3v) is 4.10. The van der Waals surface area contributed by atoms with Crippen molar-refractivity contribution in [1.29, 1.82) is 0 Å². The van der Waals surface area contributed by atoms with E-state index in [2.05, 4.69) is 38.2 Å². The lowest BCUT2D eigenvalue weighted by Gasteiger charge is -2.17. The molecule has 0 heterocycles. The second-order valence-electron chi connectivity index (χ2n) is 6.51. The van der Waals surface area contributed by atoms with E-state index in [-0.39, 0.29) is 6.10 Å². The smallest absolute Gasteiger partial charge is 0.119 e. The van der Waals surface area contributed by atoms with Crippen LogP contribution in [0.25, 0.3) is 0 Å². The van der Waals surface area contributed by atoms with Crippen molar-refractivity contribution in [1.82, 2.24) is 5.32 Å². The molecule has 0 aromatic heterocycles. The maximum Gasteiger partial charge on any atom is 0.119 e. The molecule has 23 heavy (non-hydrogen) atoms. The van der Waals surface area contributed by atoms with Crippen LogP contribution in [0.1, 0.15) is 64.9 Å². The zero-order valence-corrected chi connectivity index (χ0v) is 15.2. The summed E-state index contributed by atoms with van der Waals surface area (Å²) in [5, 5.41) is 13.6. The van der Waals surface area contributed by atoms with Crippen molar-refractivity contribution in [3.05, 3.63) is 29.8 Å². The van der Waals surface area contributed by atoms with Crippen molar-refractivity contribution in [3.8, 4) is 5.75 Å². The molecule has 1 aromatic carbocycles. The van der Waals surface area contributed by atoms with Crippen LogP contribution < -0.4 is 10.1 Å². The fourth-order valence-electron chi connectivity index (χ4n) is 2.54. The molecule has 0 spiro atoms. The summed E-state index contributed by atoms with van der Waals surface area (Å²) in [6.07, 6.45) is 7.58. The van der Waals surface area contributed by atoms with Crippen LogP contribution >= 0.6 is 0 Å². The van der Waals surface area contributed by atoms with E-state index in [1.54, 1.807) is 0 Å². The molecule has 2 unspecified atom stereocenters. The summed E-state index contributed by atoms with van der Waals surface area (Å²) in [5.74, 6) is 0.916.